The van der Waals surface area contributed by atoms with Crippen molar-refractivity contribution in [2.75, 3.05) is 24.7 Å². The molecule has 1 atom stereocenters. The van der Waals surface area contributed by atoms with E-state index in [4.69, 9.17) is 5.73 Å². The molecule has 0 saturated carbocycles. The first-order valence-corrected chi connectivity index (χ1v) is 5.52. The topological polar surface area (TPSA) is 49.5 Å². The maximum Gasteiger partial charge on any atom is 0.117 e. The minimum atomic E-state index is -0.732. The first-order valence-electron chi connectivity index (χ1n) is 5.52. The van der Waals surface area contributed by atoms with E-state index >= 15 is 0 Å². The van der Waals surface area contributed by atoms with Gasteiger partial charge in [-0.15, -0.1) is 0 Å². The summed E-state index contributed by atoms with van der Waals surface area (Å²) in [5.41, 5.74) is 6.12. The minimum absolute atomic E-state index is 0.228. The average molecular weight is 224 g/mol. The standard InChI is InChI=1S/C12H17FN2O/c13-8-12(14)5-2-6-15(9-12)10-3-1-4-11(16)7-10/h1,3-4,7,16H,2,5-6,8-9,14H2. The van der Waals surface area contributed by atoms with Crippen molar-refractivity contribution >= 4 is 5.69 Å². The van der Waals surface area contributed by atoms with Gasteiger partial charge in [0.25, 0.3) is 0 Å². The van der Waals surface area contributed by atoms with Crippen LogP contribution in [0.15, 0.2) is 24.3 Å². The fourth-order valence-electron chi connectivity index (χ4n) is 2.18. The molecule has 88 valence electrons. The van der Waals surface area contributed by atoms with E-state index < -0.39 is 12.2 Å². The van der Waals surface area contributed by atoms with Gasteiger partial charge in [0, 0.05) is 24.8 Å². The molecule has 1 unspecified atom stereocenters. The molecule has 1 aliphatic rings. The SMILES string of the molecule is NC1(CF)CCCN(c2cccc(O)c2)C1. The predicted molar refractivity (Wildman–Crippen MR) is 62.4 cm³/mol. The quantitative estimate of drug-likeness (QED) is 0.803. The van der Waals surface area contributed by atoms with Crippen molar-refractivity contribution in [3.05, 3.63) is 24.3 Å². The largest absolute Gasteiger partial charge is 0.508 e. The summed E-state index contributed by atoms with van der Waals surface area (Å²) in [6.45, 7) is 0.873. The van der Waals surface area contributed by atoms with Crippen molar-refractivity contribution in [1.82, 2.24) is 0 Å². The highest BCUT2D eigenvalue weighted by atomic mass is 19.1. The Morgan fingerprint density at radius 1 is 1.50 bits per heavy atom. The second-order valence-electron chi connectivity index (χ2n) is 4.54. The number of phenolic OH excluding ortho intramolecular Hbond substituents is 1. The molecule has 0 spiro atoms. The van der Waals surface area contributed by atoms with Gasteiger partial charge in [-0.25, -0.2) is 4.39 Å². The summed E-state index contributed by atoms with van der Waals surface area (Å²) in [6, 6.07) is 7.00. The van der Waals surface area contributed by atoms with Crippen molar-refractivity contribution in [3.63, 3.8) is 0 Å². The first-order chi connectivity index (χ1) is 7.63. The van der Waals surface area contributed by atoms with Crippen molar-refractivity contribution in [3.8, 4) is 5.75 Å². The van der Waals surface area contributed by atoms with E-state index in [0.29, 0.717) is 6.54 Å². The highest BCUT2D eigenvalue weighted by Gasteiger charge is 2.31. The average Bonchev–Trinajstić information content (AvgIpc) is 2.29. The minimum Gasteiger partial charge on any atom is -0.508 e. The summed E-state index contributed by atoms with van der Waals surface area (Å²) < 4.78 is 12.8. The van der Waals surface area contributed by atoms with E-state index in [9.17, 15) is 9.50 Å². The molecular weight excluding hydrogens is 207 g/mol. The lowest BCUT2D eigenvalue weighted by Crippen LogP contribution is -2.56. The smallest absolute Gasteiger partial charge is 0.117 e. The number of nitrogens with zero attached hydrogens (tertiary/aromatic N) is 1. The van der Waals surface area contributed by atoms with Crippen molar-refractivity contribution in [2.24, 2.45) is 5.73 Å². The lowest BCUT2D eigenvalue weighted by atomic mass is 9.91. The van der Waals surface area contributed by atoms with Crippen LogP contribution in [-0.4, -0.2) is 30.4 Å². The molecule has 1 aliphatic heterocycles. The van der Waals surface area contributed by atoms with Crippen molar-refractivity contribution < 1.29 is 9.50 Å². The number of anilines is 1. The van der Waals surface area contributed by atoms with Crippen LogP contribution in [0.2, 0.25) is 0 Å². The normalized spacial score (nSPS) is 25.8. The molecule has 0 radical (unpaired) electrons. The highest BCUT2D eigenvalue weighted by molar-refractivity contribution is 5.51. The van der Waals surface area contributed by atoms with Crippen LogP contribution in [0.5, 0.6) is 5.75 Å². The van der Waals surface area contributed by atoms with Crippen LogP contribution in [-0.2, 0) is 0 Å². The van der Waals surface area contributed by atoms with Gasteiger partial charge in [0.1, 0.15) is 12.4 Å². The van der Waals surface area contributed by atoms with Gasteiger partial charge in [-0.05, 0) is 25.0 Å². The maximum absolute atomic E-state index is 12.8. The summed E-state index contributed by atoms with van der Waals surface area (Å²) in [5.74, 6) is 0.228. The monoisotopic (exact) mass is 224 g/mol. The van der Waals surface area contributed by atoms with Crippen LogP contribution in [0.1, 0.15) is 12.8 Å². The lowest BCUT2D eigenvalue weighted by Gasteiger charge is -2.39. The molecule has 1 heterocycles. The zero-order valence-corrected chi connectivity index (χ0v) is 9.19. The van der Waals surface area contributed by atoms with Gasteiger partial charge in [0.2, 0.25) is 0 Å². The summed E-state index contributed by atoms with van der Waals surface area (Å²) in [4.78, 5) is 2.03. The van der Waals surface area contributed by atoms with Gasteiger partial charge in [-0.1, -0.05) is 6.07 Å². The molecule has 2 rings (SSSR count). The molecule has 1 aromatic rings. The van der Waals surface area contributed by atoms with Crippen LogP contribution < -0.4 is 10.6 Å². The number of nitrogens with two attached hydrogens (primary N) is 1. The molecule has 0 aromatic heterocycles. The summed E-state index contributed by atoms with van der Waals surface area (Å²) >= 11 is 0. The van der Waals surface area contributed by atoms with E-state index in [1.165, 1.54) is 0 Å². The third-order valence-electron chi connectivity index (χ3n) is 3.07. The zero-order valence-electron chi connectivity index (χ0n) is 9.19. The van der Waals surface area contributed by atoms with E-state index in [0.717, 1.165) is 25.1 Å². The third kappa shape index (κ3) is 2.27. The summed E-state index contributed by atoms with van der Waals surface area (Å²) in [6.07, 6.45) is 1.61. The summed E-state index contributed by atoms with van der Waals surface area (Å²) in [5, 5.41) is 9.40. The van der Waals surface area contributed by atoms with Crippen molar-refractivity contribution in [2.45, 2.75) is 18.4 Å². The molecule has 3 N–H and O–H groups in total. The van der Waals surface area contributed by atoms with Crippen LogP contribution in [0.3, 0.4) is 0 Å². The van der Waals surface area contributed by atoms with Gasteiger partial charge in [0.05, 0.1) is 5.54 Å². The first kappa shape index (κ1) is 11.2. The molecule has 3 nitrogen and oxygen atoms in total. The number of benzene rings is 1. The Morgan fingerprint density at radius 2 is 2.31 bits per heavy atom. The van der Waals surface area contributed by atoms with Crippen LogP contribution >= 0.6 is 0 Å². The van der Waals surface area contributed by atoms with Gasteiger partial charge in [0.15, 0.2) is 0 Å². The zero-order chi connectivity index (χ0) is 11.6. The number of hydrogen-bond donors (Lipinski definition) is 2. The van der Waals surface area contributed by atoms with E-state index in [1.54, 1.807) is 18.2 Å². The molecule has 16 heavy (non-hydrogen) atoms. The van der Waals surface area contributed by atoms with Crippen molar-refractivity contribution in [1.29, 1.82) is 0 Å². The lowest BCUT2D eigenvalue weighted by molar-refractivity contribution is 0.264. The molecule has 4 heteroatoms. The second-order valence-corrected chi connectivity index (χ2v) is 4.54. The Hall–Kier alpha value is -1.29. The van der Waals surface area contributed by atoms with Gasteiger partial charge >= 0.3 is 0 Å². The van der Waals surface area contributed by atoms with Crippen LogP contribution in [0, 0.1) is 0 Å². The number of aromatic hydroxyl groups is 1. The number of piperidine rings is 1. The molecule has 1 aromatic carbocycles. The van der Waals surface area contributed by atoms with Crippen LogP contribution in [0.4, 0.5) is 10.1 Å². The predicted octanol–water partition coefficient (Wildman–Crippen LogP) is 1.66. The van der Waals surface area contributed by atoms with Gasteiger partial charge < -0.3 is 15.7 Å². The Morgan fingerprint density at radius 3 is 3.00 bits per heavy atom. The van der Waals surface area contributed by atoms with Gasteiger partial charge in [-0.3, -0.25) is 0 Å². The Balaban J connectivity index is 2.16. The number of halogens is 1. The Kier molecular flexibility index (Phi) is 3.01. The molecular formula is C12H17FN2O. The number of rotatable bonds is 2. The fourth-order valence-corrected chi connectivity index (χ4v) is 2.18. The number of phenols is 1. The molecule has 0 amide bonds. The van der Waals surface area contributed by atoms with Gasteiger partial charge in [-0.2, -0.15) is 0 Å². The number of hydrogen-bond acceptors (Lipinski definition) is 3. The third-order valence-corrected chi connectivity index (χ3v) is 3.07. The molecule has 0 bridgehead atoms. The van der Waals surface area contributed by atoms with E-state index in [1.807, 2.05) is 11.0 Å². The maximum atomic E-state index is 12.8. The summed E-state index contributed by atoms with van der Waals surface area (Å²) in [7, 11) is 0. The Bertz CT molecular complexity index is 372. The molecule has 1 fully saturated rings. The Labute approximate surface area is 94.7 Å². The molecule has 1 saturated heterocycles. The van der Waals surface area contributed by atoms with E-state index in [-0.39, 0.29) is 5.75 Å². The van der Waals surface area contributed by atoms with E-state index in [2.05, 4.69) is 0 Å². The number of alkyl halides is 1. The van der Waals surface area contributed by atoms with Crippen LogP contribution in [0.25, 0.3) is 0 Å². The highest BCUT2D eigenvalue weighted by Crippen LogP contribution is 2.26. The molecule has 0 aliphatic carbocycles. The fraction of sp³-hybridized carbons (Fsp3) is 0.500. The second kappa shape index (κ2) is 4.29.